The maximum Gasteiger partial charge on any atom is 0.154 e. The molecule has 0 aliphatic heterocycles. The van der Waals surface area contributed by atoms with Crippen molar-refractivity contribution in [2.24, 2.45) is 5.84 Å². The predicted octanol–water partition coefficient (Wildman–Crippen LogP) is 0.250. The van der Waals surface area contributed by atoms with Crippen molar-refractivity contribution in [1.82, 2.24) is 15.6 Å². The number of thiocarbonyl (C=S) groups is 1. The molecule has 0 saturated carbocycles. The van der Waals surface area contributed by atoms with Gasteiger partial charge >= 0.3 is 0 Å². The summed E-state index contributed by atoms with van der Waals surface area (Å²) < 4.78 is 0.518. The van der Waals surface area contributed by atoms with Crippen LogP contribution >= 0.6 is 24.0 Å². The molecule has 4 nitrogen and oxygen atoms in total. The molecule has 0 radical (unpaired) electrons. The van der Waals surface area contributed by atoms with Crippen LogP contribution in [0.2, 0.25) is 0 Å². The van der Waals surface area contributed by atoms with Crippen molar-refractivity contribution in [1.29, 1.82) is 0 Å². The highest BCUT2D eigenvalue weighted by Gasteiger charge is 1.96. The second kappa shape index (κ2) is 3.55. The molecule has 0 atom stereocenters. The lowest BCUT2D eigenvalue weighted by molar-refractivity contribution is 1.00. The molecule has 54 valence electrons. The quantitative estimate of drug-likeness (QED) is 0.246. The second-order valence-corrected chi connectivity index (χ2v) is 3.17. The third kappa shape index (κ3) is 1.98. The highest BCUT2D eigenvalue weighted by Crippen LogP contribution is 2.13. The Hall–Kier alpha value is -0.590. The average molecular weight is 174 g/mol. The van der Waals surface area contributed by atoms with E-state index in [1.165, 1.54) is 11.8 Å². The van der Waals surface area contributed by atoms with Crippen molar-refractivity contribution in [3.05, 3.63) is 12.3 Å². The molecular weight excluding hydrogens is 168 g/mol. The largest absolute Gasteiger partial charge is 0.309 e. The van der Waals surface area contributed by atoms with Crippen LogP contribution in [-0.4, -0.2) is 14.5 Å². The van der Waals surface area contributed by atoms with Crippen LogP contribution in [0.1, 0.15) is 0 Å². The van der Waals surface area contributed by atoms with E-state index < -0.39 is 0 Å². The third-order valence-electron chi connectivity index (χ3n) is 0.796. The van der Waals surface area contributed by atoms with Gasteiger partial charge in [0.1, 0.15) is 0 Å². The third-order valence-corrected chi connectivity index (χ3v) is 1.91. The van der Waals surface area contributed by atoms with Gasteiger partial charge in [0.2, 0.25) is 0 Å². The molecule has 0 unspecified atom stereocenters. The fourth-order valence-electron chi connectivity index (χ4n) is 0.429. The number of hydrogen-bond donors (Lipinski definition) is 3. The Labute approximate surface area is 67.5 Å². The van der Waals surface area contributed by atoms with Crippen molar-refractivity contribution in [3.8, 4) is 0 Å². The molecule has 0 aliphatic carbocycles. The summed E-state index contributed by atoms with van der Waals surface area (Å²) in [6.07, 6.45) is 1.65. The van der Waals surface area contributed by atoms with E-state index in [9.17, 15) is 0 Å². The van der Waals surface area contributed by atoms with Gasteiger partial charge in [0.25, 0.3) is 0 Å². The van der Waals surface area contributed by atoms with Crippen LogP contribution in [0.15, 0.2) is 17.3 Å². The molecule has 1 heterocycles. The van der Waals surface area contributed by atoms with Crippen LogP contribution in [-0.2, 0) is 0 Å². The highest BCUT2D eigenvalue weighted by molar-refractivity contribution is 8.22. The Morgan fingerprint density at radius 1 is 1.90 bits per heavy atom. The van der Waals surface area contributed by atoms with E-state index in [0.29, 0.717) is 4.32 Å². The first kappa shape index (κ1) is 7.52. The standard InChI is InChI=1S/C4H6N4S2/c5-7-4(9)10-3-1-2-6-8-3/h1-2H,5H2,(H,6,8)(H,7,9). The average Bonchev–Trinajstić information content (AvgIpc) is 2.40. The van der Waals surface area contributed by atoms with E-state index in [-0.39, 0.29) is 0 Å². The molecule has 0 bridgehead atoms. The zero-order valence-electron chi connectivity index (χ0n) is 5.00. The number of nitrogens with two attached hydrogens (primary N) is 1. The van der Waals surface area contributed by atoms with Gasteiger partial charge in [-0.3, -0.25) is 5.10 Å². The minimum Gasteiger partial charge on any atom is -0.309 e. The summed E-state index contributed by atoms with van der Waals surface area (Å²) in [5.41, 5.74) is 2.35. The number of H-pyrrole nitrogens is 1. The lowest BCUT2D eigenvalue weighted by atomic mass is 10.8. The number of rotatable bonds is 1. The van der Waals surface area contributed by atoms with Crippen LogP contribution in [0.5, 0.6) is 0 Å². The molecule has 0 aliphatic rings. The maximum atomic E-state index is 5.04. The SMILES string of the molecule is NNC(=S)Sc1ccn[nH]1. The number of thioether (sulfide) groups is 1. The minimum atomic E-state index is 0.518. The van der Waals surface area contributed by atoms with Crippen molar-refractivity contribution in [2.75, 3.05) is 0 Å². The van der Waals surface area contributed by atoms with Gasteiger partial charge in [0, 0.05) is 6.20 Å². The van der Waals surface area contributed by atoms with Gasteiger partial charge in [-0.05, 0) is 17.8 Å². The summed E-state index contributed by atoms with van der Waals surface area (Å²) in [7, 11) is 0. The molecule has 1 aromatic heterocycles. The number of nitrogens with zero attached hydrogens (tertiary/aromatic N) is 1. The minimum absolute atomic E-state index is 0.518. The monoisotopic (exact) mass is 174 g/mol. The molecule has 10 heavy (non-hydrogen) atoms. The Bertz CT molecular complexity index is 207. The van der Waals surface area contributed by atoms with Gasteiger partial charge in [0.15, 0.2) is 4.32 Å². The Balaban J connectivity index is 2.48. The molecule has 6 heteroatoms. The molecule has 0 amide bonds. The topological polar surface area (TPSA) is 66.7 Å². The zero-order valence-corrected chi connectivity index (χ0v) is 6.63. The summed E-state index contributed by atoms with van der Waals surface area (Å²) in [5.74, 6) is 5.04. The summed E-state index contributed by atoms with van der Waals surface area (Å²) in [6, 6.07) is 1.81. The lowest BCUT2D eigenvalue weighted by Gasteiger charge is -1.96. The van der Waals surface area contributed by atoms with E-state index in [0.717, 1.165) is 5.03 Å². The number of aromatic nitrogens is 2. The fraction of sp³-hybridized carbons (Fsp3) is 0. The predicted molar refractivity (Wildman–Crippen MR) is 44.4 cm³/mol. The van der Waals surface area contributed by atoms with E-state index in [4.69, 9.17) is 18.1 Å². The van der Waals surface area contributed by atoms with Gasteiger partial charge in [-0.25, -0.2) is 5.84 Å². The number of hydrogen-bond acceptors (Lipinski definition) is 4. The highest BCUT2D eigenvalue weighted by atomic mass is 32.2. The molecule has 0 fully saturated rings. The number of nitrogens with one attached hydrogen (secondary N) is 2. The molecule has 0 saturated heterocycles. The van der Waals surface area contributed by atoms with Crippen LogP contribution in [0.4, 0.5) is 0 Å². The molecular formula is C4H6N4S2. The first-order valence-corrected chi connectivity index (χ1v) is 3.73. The van der Waals surface area contributed by atoms with Gasteiger partial charge in [0.05, 0.1) is 5.03 Å². The summed E-state index contributed by atoms with van der Waals surface area (Å²) >= 11 is 6.11. The molecule has 0 aromatic carbocycles. The molecule has 4 N–H and O–H groups in total. The molecule has 1 rings (SSSR count). The summed E-state index contributed by atoms with van der Waals surface area (Å²) in [4.78, 5) is 0. The van der Waals surface area contributed by atoms with E-state index in [1.54, 1.807) is 6.20 Å². The molecule has 1 aromatic rings. The van der Waals surface area contributed by atoms with Gasteiger partial charge in [-0.2, -0.15) is 5.10 Å². The van der Waals surface area contributed by atoms with E-state index in [2.05, 4.69) is 15.6 Å². The van der Waals surface area contributed by atoms with Crippen molar-refractivity contribution in [3.63, 3.8) is 0 Å². The second-order valence-electron chi connectivity index (χ2n) is 1.45. The zero-order chi connectivity index (χ0) is 7.40. The van der Waals surface area contributed by atoms with Gasteiger partial charge in [-0.15, -0.1) is 0 Å². The first-order chi connectivity index (χ1) is 4.83. The van der Waals surface area contributed by atoms with Crippen LogP contribution < -0.4 is 11.3 Å². The first-order valence-electron chi connectivity index (χ1n) is 2.50. The van der Waals surface area contributed by atoms with Gasteiger partial charge < -0.3 is 5.43 Å². The smallest absolute Gasteiger partial charge is 0.154 e. The normalized spacial score (nSPS) is 9.30. The number of aromatic amines is 1. The number of hydrazine groups is 1. The molecule has 0 spiro atoms. The fourth-order valence-corrected chi connectivity index (χ4v) is 1.18. The van der Waals surface area contributed by atoms with E-state index in [1.807, 2.05) is 6.07 Å². The Morgan fingerprint density at radius 3 is 3.20 bits per heavy atom. The lowest BCUT2D eigenvalue weighted by Crippen LogP contribution is -2.25. The van der Waals surface area contributed by atoms with Crippen molar-refractivity contribution >= 4 is 28.3 Å². The van der Waals surface area contributed by atoms with Crippen molar-refractivity contribution in [2.45, 2.75) is 5.03 Å². The maximum absolute atomic E-state index is 5.04. The van der Waals surface area contributed by atoms with E-state index >= 15 is 0 Å². The Morgan fingerprint density at radius 2 is 2.70 bits per heavy atom. The van der Waals surface area contributed by atoms with Crippen LogP contribution in [0.25, 0.3) is 0 Å². The van der Waals surface area contributed by atoms with Gasteiger partial charge in [-0.1, -0.05) is 12.2 Å². The van der Waals surface area contributed by atoms with Crippen LogP contribution in [0.3, 0.4) is 0 Å². The Kier molecular flexibility index (Phi) is 2.67. The summed E-state index contributed by atoms with van der Waals surface area (Å²) in [6.45, 7) is 0. The summed E-state index contributed by atoms with van der Waals surface area (Å²) in [5, 5.41) is 7.35. The van der Waals surface area contributed by atoms with Crippen molar-refractivity contribution < 1.29 is 0 Å². The van der Waals surface area contributed by atoms with Crippen LogP contribution in [0, 0.1) is 0 Å².